The van der Waals surface area contributed by atoms with E-state index in [1.54, 1.807) is 0 Å². The molecule has 1 amide bonds. The molecule has 2 N–H and O–H groups in total. The van der Waals surface area contributed by atoms with Gasteiger partial charge in [0.15, 0.2) is 0 Å². The van der Waals surface area contributed by atoms with Gasteiger partial charge >= 0.3 is 0 Å². The second-order valence-corrected chi connectivity index (χ2v) is 4.79. The van der Waals surface area contributed by atoms with Gasteiger partial charge in [0, 0.05) is 32.7 Å². The van der Waals surface area contributed by atoms with Crippen LogP contribution in [0.1, 0.15) is 11.1 Å². The molecular formula is C14H23Cl2N3O. The highest BCUT2D eigenvalue weighted by Crippen LogP contribution is 2.12. The summed E-state index contributed by atoms with van der Waals surface area (Å²) in [4.78, 5) is 15.7. The molecule has 0 atom stereocenters. The number of carbonyl (C=O) groups is 1. The Kier molecular flexibility index (Phi) is 8.81. The molecule has 6 heteroatoms. The highest BCUT2D eigenvalue weighted by atomic mass is 35.5. The summed E-state index contributed by atoms with van der Waals surface area (Å²) >= 11 is 0. The highest BCUT2D eigenvalue weighted by Gasteiger charge is 2.20. The molecule has 1 aromatic carbocycles. The molecule has 1 fully saturated rings. The van der Waals surface area contributed by atoms with Crippen LogP contribution in [0.5, 0.6) is 0 Å². The Balaban J connectivity index is 0.00000180. The van der Waals surface area contributed by atoms with Crippen molar-refractivity contribution in [3.63, 3.8) is 0 Å². The van der Waals surface area contributed by atoms with E-state index in [9.17, 15) is 4.79 Å². The minimum absolute atomic E-state index is 0. The molecule has 0 radical (unpaired) electrons. The number of hydrogen-bond acceptors (Lipinski definition) is 3. The van der Waals surface area contributed by atoms with E-state index >= 15 is 0 Å². The molecule has 1 aliphatic heterocycles. The molecule has 0 aliphatic carbocycles. The average Bonchev–Trinajstić information content (AvgIpc) is 2.41. The highest BCUT2D eigenvalue weighted by molar-refractivity contribution is 5.85. The molecular weight excluding hydrogens is 297 g/mol. The fraction of sp³-hybridized carbons (Fsp3) is 0.500. The van der Waals surface area contributed by atoms with Gasteiger partial charge in [-0.25, -0.2) is 0 Å². The molecule has 1 saturated heterocycles. The lowest BCUT2D eigenvalue weighted by Gasteiger charge is -2.34. The first-order valence-electron chi connectivity index (χ1n) is 6.45. The SMILES string of the molecule is Cc1ccccc1CN1CCN(C(=O)CN)CC1.Cl.Cl. The molecule has 0 aromatic heterocycles. The summed E-state index contributed by atoms with van der Waals surface area (Å²) in [7, 11) is 0. The first-order valence-corrected chi connectivity index (χ1v) is 6.45. The van der Waals surface area contributed by atoms with Crippen LogP contribution in [0.4, 0.5) is 0 Å². The van der Waals surface area contributed by atoms with Gasteiger partial charge in [0.25, 0.3) is 0 Å². The maximum atomic E-state index is 11.5. The number of nitrogens with two attached hydrogens (primary N) is 1. The zero-order valence-corrected chi connectivity index (χ0v) is 13.4. The van der Waals surface area contributed by atoms with E-state index < -0.39 is 0 Å². The van der Waals surface area contributed by atoms with Gasteiger partial charge in [0.1, 0.15) is 0 Å². The zero-order valence-electron chi connectivity index (χ0n) is 11.7. The van der Waals surface area contributed by atoms with Crippen LogP contribution in [0.15, 0.2) is 24.3 Å². The second-order valence-electron chi connectivity index (χ2n) is 4.79. The second kappa shape index (κ2) is 9.19. The third kappa shape index (κ3) is 4.94. The fourth-order valence-corrected chi connectivity index (χ4v) is 2.31. The van der Waals surface area contributed by atoms with E-state index in [4.69, 9.17) is 5.73 Å². The Labute approximate surface area is 133 Å². The molecule has 20 heavy (non-hydrogen) atoms. The monoisotopic (exact) mass is 319 g/mol. The van der Waals surface area contributed by atoms with Gasteiger partial charge in [0.05, 0.1) is 6.54 Å². The number of nitrogens with zero attached hydrogens (tertiary/aromatic N) is 2. The van der Waals surface area contributed by atoms with E-state index in [0.717, 1.165) is 32.7 Å². The quantitative estimate of drug-likeness (QED) is 0.917. The summed E-state index contributed by atoms with van der Waals surface area (Å²) in [6, 6.07) is 8.46. The van der Waals surface area contributed by atoms with Crippen molar-refractivity contribution in [2.45, 2.75) is 13.5 Å². The van der Waals surface area contributed by atoms with E-state index in [1.165, 1.54) is 11.1 Å². The maximum absolute atomic E-state index is 11.5. The molecule has 1 aliphatic rings. The van der Waals surface area contributed by atoms with Crippen LogP contribution in [-0.4, -0.2) is 48.4 Å². The summed E-state index contributed by atoms with van der Waals surface area (Å²) < 4.78 is 0. The lowest BCUT2D eigenvalue weighted by Crippen LogP contribution is -2.49. The van der Waals surface area contributed by atoms with E-state index in [1.807, 2.05) is 4.90 Å². The summed E-state index contributed by atoms with van der Waals surface area (Å²) in [6.45, 7) is 6.68. The molecule has 0 spiro atoms. The third-order valence-corrected chi connectivity index (χ3v) is 3.55. The number of hydrogen-bond donors (Lipinski definition) is 1. The molecule has 2 rings (SSSR count). The minimum atomic E-state index is 0. The van der Waals surface area contributed by atoms with Crippen LogP contribution in [0.2, 0.25) is 0 Å². The van der Waals surface area contributed by atoms with Crippen LogP contribution >= 0.6 is 24.8 Å². The number of amides is 1. The Morgan fingerprint density at radius 3 is 2.30 bits per heavy atom. The van der Waals surface area contributed by atoms with Gasteiger partial charge in [0.2, 0.25) is 5.91 Å². The molecule has 1 aromatic rings. The standard InChI is InChI=1S/C14H21N3O.2ClH/c1-12-4-2-3-5-13(12)11-16-6-8-17(9-7-16)14(18)10-15;;/h2-5H,6-11,15H2,1H3;2*1H. The third-order valence-electron chi connectivity index (χ3n) is 3.55. The number of carbonyl (C=O) groups excluding carboxylic acids is 1. The summed E-state index contributed by atoms with van der Waals surface area (Å²) in [6.07, 6.45) is 0. The van der Waals surface area contributed by atoms with Crippen molar-refractivity contribution < 1.29 is 4.79 Å². The topological polar surface area (TPSA) is 49.6 Å². The van der Waals surface area contributed by atoms with Gasteiger partial charge in [-0.1, -0.05) is 24.3 Å². The molecule has 0 bridgehead atoms. The molecule has 114 valence electrons. The van der Waals surface area contributed by atoms with Gasteiger partial charge in [-0.2, -0.15) is 0 Å². The predicted octanol–water partition coefficient (Wildman–Crippen LogP) is 1.44. The smallest absolute Gasteiger partial charge is 0.236 e. The van der Waals surface area contributed by atoms with Crippen molar-refractivity contribution in [1.29, 1.82) is 0 Å². The first-order chi connectivity index (χ1) is 8.70. The van der Waals surface area contributed by atoms with Crippen LogP contribution < -0.4 is 5.73 Å². The molecule has 4 nitrogen and oxygen atoms in total. The zero-order chi connectivity index (χ0) is 13.0. The van der Waals surface area contributed by atoms with E-state index in [-0.39, 0.29) is 37.3 Å². The number of rotatable bonds is 3. The van der Waals surface area contributed by atoms with Gasteiger partial charge in [-0.05, 0) is 18.1 Å². The van der Waals surface area contributed by atoms with Gasteiger partial charge in [-0.15, -0.1) is 24.8 Å². The van der Waals surface area contributed by atoms with Crippen molar-refractivity contribution in [2.24, 2.45) is 5.73 Å². The largest absolute Gasteiger partial charge is 0.339 e. The number of benzene rings is 1. The first kappa shape index (κ1) is 19.2. The van der Waals surface area contributed by atoms with Crippen molar-refractivity contribution in [3.8, 4) is 0 Å². The van der Waals surface area contributed by atoms with Crippen molar-refractivity contribution >= 4 is 30.7 Å². The van der Waals surface area contributed by atoms with Gasteiger partial charge in [-0.3, -0.25) is 9.69 Å². The van der Waals surface area contributed by atoms with Crippen LogP contribution in [-0.2, 0) is 11.3 Å². The minimum Gasteiger partial charge on any atom is -0.339 e. The Morgan fingerprint density at radius 2 is 1.75 bits per heavy atom. The van der Waals surface area contributed by atoms with Crippen molar-refractivity contribution in [1.82, 2.24) is 9.80 Å². The maximum Gasteiger partial charge on any atom is 0.236 e. The number of piperazine rings is 1. The Bertz CT molecular complexity index is 421. The van der Waals surface area contributed by atoms with Crippen LogP contribution in [0.25, 0.3) is 0 Å². The number of aryl methyl sites for hydroxylation is 1. The predicted molar refractivity (Wildman–Crippen MR) is 86.6 cm³/mol. The molecule has 1 heterocycles. The lowest BCUT2D eigenvalue weighted by molar-refractivity contribution is -0.131. The summed E-state index contributed by atoms with van der Waals surface area (Å²) in [5.41, 5.74) is 8.08. The summed E-state index contributed by atoms with van der Waals surface area (Å²) in [5, 5.41) is 0. The Morgan fingerprint density at radius 1 is 1.15 bits per heavy atom. The number of halogens is 2. The van der Waals surface area contributed by atoms with Crippen LogP contribution in [0, 0.1) is 6.92 Å². The lowest BCUT2D eigenvalue weighted by atomic mass is 10.1. The molecule has 0 unspecified atom stereocenters. The van der Waals surface area contributed by atoms with E-state index in [0.29, 0.717) is 0 Å². The van der Waals surface area contributed by atoms with Gasteiger partial charge < -0.3 is 10.6 Å². The van der Waals surface area contributed by atoms with Crippen molar-refractivity contribution in [2.75, 3.05) is 32.7 Å². The average molecular weight is 320 g/mol. The normalized spacial score (nSPS) is 15.2. The fourth-order valence-electron chi connectivity index (χ4n) is 2.31. The van der Waals surface area contributed by atoms with Crippen molar-refractivity contribution in [3.05, 3.63) is 35.4 Å². The summed E-state index contributed by atoms with van der Waals surface area (Å²) in [5.74, 6) is 0.0607. The molecule has 0 saturated carbocycles. The van der Waals surface area contributed by atoms with Crippen LogP contribution in [0.3, 0.4) is 0 Å². The Hall–Kier alpha value is -0.810. The van der Waals surface area contributed by atoms with E-state index in [2.05, 4.69) is 36.1 Å².